The normalized spacial score (nSPS) is 18.5. The molecule has 0 aromatic heterocycles. The van der Waals surface area contributed by atoms with Crippen molar-refractivity contribution < 1.29 is 4.39 Å². The van der Waals surface area contributed by atoms with Crippen molar-refractivity contribution in [3.63, 3.8) is 0 Å². The Kier molecular flexibility index (Phi) is 3.37. The fourth-order valence-electron chi connectivity index (χ4n) is 2.05. The summed E-state index contributed by atoms with van der Waals surface area (Å²) in [5.41, 5.74) is 1.08. The molecular weight excluding hydrogens is 189 g/mol. The van der Waals surface area contributed by atoms with Gasteiger partial charge in [0.2, 0.25) is 0 Å². The Morgan fingerprint density at radius 3 is 2.87 bits per heavy atom. The minimum atomic E-state index is -0.136. The van der Waals surface area contributed by atoms with E-state index in [9.17, 15) is 4.39 Å². The first-order valence-corrected chi connectivity index (χ1v) is 5.74. The molecule has 0 bridgehead atoms. The number of halogens is 1. The molecule has 1 saturated carbocycles. The van der Waals surface area contributed by atoms with Gasteiger partial charge < -0.3 is 5.32 Å². The van der Waals surface area contributed by atoms with Crippen molar-refractivity contribution >= 4 is 0 Å². The van der Waals surface area contributed by atoms with E-state index in [0.29, 0.717) is 12.1 Å². The van der Waals surface area contributed by atoms with Gasteiger partial charge in [0.25, 0.3) is 0 Å². The minimum absolute atomic E-state index is 0.136. The van der Waals surface area contributed by atoms with E-state index in [1.807, 2.05) is 6.07 Å². The molecular formula is C13H18FN. The summed E-state index contributed by atoms with van der Waals surface area (Å²) in [5, 5.41) is 3.56. The standard InChI is InChI=1S/C13H18FN/c1-10(15-13-6-3-7-13)8-11-4-2-5-12(14)9-11/h2,4-5,9-10,13,15H,3,6-8H2,1H3. The minimum Gasteiger partial charge on any atom is -0.311 e. The molecule has 1 unspecified atom stereocenters. The molecule has 15 heavy (non-hydrogen) atoms. The molecule has 0 aliphatic heterocycles. The first-order chi connectivity index (χ1) is 7.24. The van der Waals surface area contributed by atoms with Crippen LogP contribution in [0.15, 0.2) is 24.3 Å². The summed E-state index contributed by atoms with van der Waals surface area (Å²) in [4.78, 5) is 0. The number of nitrogens with one attached hydrogen (secondary N) is 1. The van der Waals surface area contributed by atoms with E-state index in [-0.39, 0.29) is 5.82 Å². The molecule has 0 heterocycles. The lowest BCUT2D eigenvalue weighted by molar-refractivity contribution is 0.310. The van der Waals surface area contributed by atoms with Crippen LogP contribution < -0.4 is 5.32 Å². The van der Waals surface area contributed by atoms with Crippen molar-refractivity contribution in [2.45, 2.75) is 44.7 Å². The highest BCUT2D eigenvalue weighted by molar-refractivity contribution is 5.17. The first-order valence-electron chi connectivity index (χ1n) is 5.74. The number of benzene rings is 1. The lowest BCUT2D eigenvalue weighted by Crippen LogP contribution is -2.41. The van der Waals surface area contributed by atoms with Gasteiger partial charge in [0.1, 0.15) is 5.82 Å². The lowest BCUT2D eigenvalue weighted by Gasteiger charge is -2.30. The Bertz CT molecular complexity index is 320. The van der Waals surface area contributed by atoms with E-state index in [1.54, 1.807) is 12.1 Å². The fourth-order valence-corrected chi connectivity index (χ4v) is 2.05. The summed E-state index contributed by atoms with van der Waals surface area (Å²) in [6.45, 7) is 2.17. The van der Waals surface area contributed by atoms with Crippen molar-refractivity contribution in [1.29, 1.82) is 0 Å². The molecule has 1 N–H and O–H groups in total. The van der Waals surface area contributed by atoms with Crippen LogP contribution in [0.1, 0.15) is 31.7 Å². The third-order valence-electron chi connectivity index (χ3n) is 3.06. The predicted octanol–water partition coefficient (Wildman–Crippen LogP) is 2.90. The van der Waals surface area contributed by atoms with Crippen molar-refractivity contribution in [2.24, 2.45) is 0 Å². The highest BCUT2D eigenvalue weighted by Crippen LogP contribution is 2.19. The summed E-state index contributed by atoms with van der Waals surface area (Å²) >= 11 is 0. The molecule has 0 saturated heterocycles. The monoisotopic (exact) mass is 207 g/mol. The van der Waals surface area contributed by atoms with Gasteiger partial charge in [-0.25, -0.2) is 4.39 Å². The molecule has 1 aliphatic carbocycles. The molecule has 82 valence electrons. The lowest BCUT2D eigenvalue weighted by atomic mass is 9.92. The zero-order valence-corrected chi connectivity index (χ0v) is 9.17. The summed E-state index contributed by atoms with van der Waals surface area (Å²) < 4.78 is 12.9. The molecule has 0 radical (unpaired) electrons. The van der Waals surface area contributed by atoms with Crippen LogP contribution in [0.5, 0.6) is 0 Å². The SMILES string of the molecule is CC(Cc1cccc(F)c1)NC1CCC1. The van der Waals surface area contributed by atoms with Gasteiger partial charge in [-0.3, -0.25) is 0 Å². The largest absolute Gasteiger partial charge is 0.311 e. The third kappa shape index (κ3) is 3.03. The third-order valence-corrected chi connectivity index (χ3v) is 3.06. The Hall–Kier alpha value is -0.890. The van der Waals surface area contributed by atoms with Crippen molar-refractivity contribution in [1.82, 2.24) is 5.32 Å². The van der Waals surface area contributed by atoms with E-state index in [2.05, 4.69) is 12.2 Å². The zero-order valence-electron chi connectivity index (χ0n) is 9.17. The van der Waals surface area contributed by atoms with E-state index in [1.165, 1.54) is 25.3 Å². The van der Waals surface area contributed by atoms with Crippen LogP contribution >= 0.6 is 0 Å². The molecule has 1 nitrogen and oxygen atoms in total. The molecule has 1 aromatic carbocycles. The molecule has 1 fully saturated rings. The second-order valence-electron chi connectivity index (χ2n) is 4.53. The van der Waals surface area contributed by atoms with E-state index < -0.39 is 0 Å². The van der Waals surface area contributed by atoms with Crippen LogP contribution in [0, 0.1) is 5.82 Å². The zero-order chi connectivity index (χ0) is 10.7. The summed E-state index contributed by atoms with van der Waals surface area (Å²) in [5.74, 6) is -0.136. The molecule has 2 rings (SSSR count). The van der Waals surface area contributed by atoms with Gasteiger partial charge in [0, 0.05) is 12.1 Å². The van der Waals surface area contributed by atoms with Crippen LogP contribution in [-0.4, -0.2) is 12.1 Å². The van der Waals surface area contributed by atoms with Gasteiger partial charge in [-0.15, -0.1) is 0 Å². The second-order valence-corrected chi connectivity index (χ2v) is 4.53. The van der Waals surface area contributed by atoms with E-state index >= 15 is 0 Å². The number of hydrogen-bond acceptors (Lipinski definition) is 1. The molecule has 1 aliphatic rings. The summed E-state index contributed by atoms with van der Waals surface area (Å²) in [7, 11) is 0. The first kappa shape index (κ1) is 10.6. The average molecular weight is 207 g/mol. The van der Waals surface area contributed by atoms with Gasteiger partial charge in [-0.05, 0) is 43.9 Å². The highest BCUT2D eigenvalue weighted by Gasteiger charge is 2.18. The molecule has 1 aromatic rings. The van der Waals surface area contributed by atoms with Crippen LogP contribution in [0.3, 0.4) is 0 Å². The highest BCUT2D eigenvalue weighted by atomic mass is 19.1. The summed E-state index contributed by atoms with van der Waals surface area (Å²) in [6, 6.07) is 8.03. The van der Waals surface area contributed by atoms with Crippen molar-refractivity contribution in [3.05, 3.63) is 35.6 Å². The smallest absolute Gasteiger partial charge is 0.123 e. The maximum Gasteiger partial charge on any atom is 0.123 e. The van der Waals surface area contributed by atoms with Crippen LogP contribution in [0.2, 0.25) is 0 Å². The quantitative estimate of drug-likeness (QED) is 0.800. The maximum absolute atomic E-state index is 12.9. The van der Waals surface area contributed by atoms with Gasteiger partial charge in [0.05, 0.1) is 0 Å². The van der Waals surface area contributed by atoms with Gasteiger partial charge in [-0.1, -0.05) is 18.6 Å². The number of rotatable bonds is 4. The van der Waals surface area contributed by atoms with Crippen LogP contribution in [0.25, 0.3) is 0 Å². The average Bonchev–Trinajstić information content (AvgIpc) is 2.11. The molecule has 1 atom stereocenters. The molecule has 2 heteroatoms. The summed E-state index contributed by atoms with van der Waals surface area (Å²) in [6.07, 6.45) is 4.86. The van der Waals surface area contributed by atoms with Gasteiger partial charge in [-0.2, -0.15) is 0 Å². The van der Waals surface area contributed by atoms with E-state index in [4.69, 9.17) is 0 Å². The fraction of sp³-hybridized carbons (Fsp3) is 0.538. The Labute approximate surface area is 90.7 Å². The maximum atomic E-state index is 12.9. The van der Waals surface area contributed by atoms with Crippen molar-refractivity contribution in [3.8, 4) is 0 Å². The Morgan fingerprint density at radius 1 is 1.47 bits per heavy atom. The van der Waals surface area contributed by atoms with Gasteiger partial charge >= 0.3 is 0 Å². The Morgan fingerprint density at radius 2 is 2.27 bits per heavy atom. The second kappa shape index (κ2) is 4.75. The number of hydrogen-bond donors (Lipinski definition) is 1. The van der Waals surface area contributed by atoms with Crippen LogP contribution in [-0.2, 0) is 6.42 Å². The van der Waals surface area contributed by atoms with Crippen LogP contribution in [0.4, 0.5) is 4.39 Å². The Balaban J connectivity index is 1.84. The van der Waals surface area contributed by atoms with Gasteiger partial charge in [0.15, 0.2) is 0 Å². The van der Waals surface area contributed by atoms with Crippen molar-refractivity contribution in [2.75, 3.05) is 0 Å². The molecule has 0 spiro atoms. The molecule has 0 amide bonds. The topological polar surface area (TPSA) is 12.0 Å². The van der Waals surface area contributed by atoms with E-state index in [0.717, 1.165) is 12.0 Å². The predicted molar refractivity (Wildman–Crippen MR) is 60.3 cm³/mol.